The van der Waals surface area contributed by atoms with Gasteiger partial charge in [-0.2, -0.15) is 0 Å². The molecule has 0 aromatic carbocycles. The van der Waals surface area contributed by atoms with Crippen LogP contribution in [0.4, 0.5) is 0 Å². The number of ketones is 1. The van der Waals surface area contributed by atoms with Crippen LogP contribution in [0.5, 0.6) is 0 Å². The largest absolute Gasteiger partial charge is 0.379 e. The monoisotopic (exact) mass is 315 g/mol. The number of nitrogens with one attached hydrogen (secondary N) is 1. The molecule has 0 aliphatic rings. The van der Waals surface area contributed by atoms with E-state index in [0.717, 1.165) is 13.0 Å². The second-order valence-electron chi connectivity index (χ2n) is 6.27. The molecule has 0 atom stereocenters. The van der Waals surface area contributed by atoms with Gasteiger partial charge in [0.15, 0.2) is 0 Å². The standard InChI is InChI=1S/C17H33NO4/c1-14(2)9-11-22-13-12-21-10-5-6-16(19)7-8-17(20)18-15(3)4/h14-15H,5-13H2,1-4H3,(H,18,20). The van der Waals surface area contributed by atoms with E-state index in [-0.39, 0.29) is 24.2 Å². The van der Waals surface area contributed by atoms with Crippen molar-refractivity contribution in [2.75, 3.05) is 26.4 Å². The van der Waals surface area contributed by atoms with Crippen molar-refractivity contribution in [3.63, 3.8) is 0 Å². The van der Waals surface area contributed by atoms with Crippen LogP contribution in [0.3, 0.4) is 0 Å². The summed E-state index contributed by atoms with van der Waals surface area (Å²) in [5.74, 6) is 0.725. The van der Waals surface area contributed by atoms with Crippen LogP contribution in [0.15, 0.2) is 0 Å². The summed E-state index contributed by atoms with van der Waals surface area (Å²) in [5, 5.41) is 2.78. The first-order valence-electron chi connectivity index (χ1n) is 8.38. The van der Waals surface area contributed by atoms with Gasteiger partial charge in [0.25, 0.3) is 0 Å². The van der Waals surface area contributed by atoms with Crippen molar-refractivity contribution >= 4 is 11.7 Å². The molecule has 0 aliphatic heterocycles. The predicted octanol–water partition coefficient (Wildman–Crippen LogP) is 2.72. The number of hydrogen-bond acceptors (Lipinski definition) is 4. The topological polar surface area (TPSA) is 64.6 Å². The minimum absolute atomic E-state index is 0.0573. The van der Waals surface area contributed by atoms with E-state index in [2.05, 4.69) is 19.2 Å². The maximum absolute atomic E-state index is 11.6. The van der Waals surface area contributed by atoms with E-state index >= 15 is 0 Å². The Bertz CT molecular complexity index is 303. The Hall–Kier alpha value is -0.940. The molecule has 0 aromatic rings. The first-order chi connectivity index (χ1) is 10.4. The molecule has 0 unspecified atom stereocenters. The lowest BCUT2D eigenvalue weighted by molar-refractivity contribution is -0.125. The van der Waals surface area contributed by atoms with Gasteiger partial charge in [-0.05, 0) is 32.6 Å². The van der Waals surface area contributed by atoms with E-state index in [0.29, 0.717) is 45.0 Å². The molecule has 22 heavy (non-hydrogen) atoms. The van der Waals surface area contributed by atoms with Gasteiger partial charge >= 0.3 is 0 Å². The zero-order valence-corrected chi connectivity index (χ0v) is 14.7. The van der Waals surface area contributed by atoms with E-state index in [1.54, 1.807) is 0 Å². The summed E-state index contributed by atoms with van der Waals surface area (Å²) in [6, 6.07) is 0.124. The molecular weight excluding hydrogens is 282 g/mol. The van der Waals surface area contributed by atoms with Gasteiger partial charge in [0.1, 0.15) is 5.78 Å². The lowest BCUT2D eigenvalue weighted by atomic mass is 10.1. The van der Waals surface area contributed by atoms with E-state index < -0.39 is 0 Å². The van der Waals surface area contributed by atoms with Crippen LogP contribution in [0.1, 0.15) is 59.8 Å². The summed E-state index contributed by atoms with van der Waals surface area (Å²) < 4.78 is 10.8. The van der Waals surface area contributed by atoms with Crippen molar-refractivity contribution < 1.29 is 19.1 Å². The molecule has 1 amide bonds. The van der Waals surface area contributed by atoms with Gasteiger partial charge in [0, 0.05) is 38.5 Å². The van der Waals surface area contributed by atoms with E-state index in [9.17, 15) is 9.59 Å². The number of hydrogen-bond donors (Lipinski definition) is 1. The molecule has 1 N–H and O–H groups in total. The third-order valence-corrected chi connectivity index (χ3v) is 3.04. The summed E-state index contributed by atoms with van der Waals surface area (Å²) in [6.07, 6.45) is 2.84. The molecule has 0 aromatic heterocycles. The molecule has 0 rings (SSSR count). The molecule has 130 valence electrons. The van der Waals surface area contributed by atoms with Gasteiger partial charge in [0.2, 0.25) is 5.91 Å². The molecule has 0 radical (unpaired) electrons. The highest BCUT2D eigenvalue weighted by molar-refractivity contribution is 5.84. The number of Topliss-reactive ketones (excluding diaryl/α,β-unsaturated/α-hetero) is 1. The summed E-state index contributed by atoms with van der Waals surface area (Å²) in [4.78, 5) is 23.0. The Morgan fingerprint density at radius 1 is 0.864 bits per heavy atom. The average Bonchev–Trinajstić information content (AvgIpc) is 2.42. The Kier molecular flexibility index (Phi) is 13.1. The van der Waals surface area contributed by atoms with Crippen molar-refractivity contribution in [1.82, 2.24) is 5.32 Å². The Morgan fingerprint density at radius 3 is 2.09 bits per heavy atom. The molecule has 0 heterocycles. The number of carbonyl (C=O) groups is 2. The third kappa shape index (κ3) is 15.4. The molecule has 5 nitrogen and oxygen atoms in total. The Labute approximate surface area is 135 Å². The predicted molar refractivity (Wildman–Crippen MR) is 87.8 cm³/mol. The maximum Gasteiger partial charge on any atom is 0.220 e. The fourth-order valence-corrected chi connectivity index (χ4v) is 1.78. The number of rotatable bonds is 14. The van der Waals surface area contributed by atoms with Crippen LogP contribution in [0.2, 0.25) is 0 Å². The van der Waals surface area contributed by atoms with Gasteiger partial charge in [-0.3, -0.25) is 9.59 Å². The fourth-order valence-electron chi connectivity index (χ4n) is 1.78. The Balaban J connectivity index is 3.33. The first kappa shape index (κ1) is 21.1. The summed E-state index contributed by atoms with van der Waals surface area (Å²) in [7, 11) is 0. The number of amides is 1. The molecule has 0 aliphatic carbocycles. The highest BCUT2D eigenvalue weighted by Gasteiger charge is 2.07. The van der Waals surface area contributed by atoms with Gasteiger partial charge < -0.3 is 14.8 Å². The van der Waals surface area contributed by atoms with Crippen LogP contribution in [-0.2, 0) is 19.1 Å². The van der Waals surface area contributed by atoms with Gasteiger partial charge in [0.05, 0.1) is 13.2 Å². The molecule has 0 saturated heterocycles. The lowest BCUT2D eigenvalue weighted by Crippen LogP contribution is -2.30. The van der Waals surface area contributed by atoms with Crippen molar-refractivity contribution in [2.45, 2.75) is 65.8 Å². The van der Waals surface area contributed by atoms with Gasteiger partial charge in [-0.1, -0.05) is 13.8 Å². The quantitative estimate of drug-likeness (QED) is 0.501. The minimum atomic E-state index is -0.0573. The molecule has 5 heteroatoms. The number of ether oxygens (including phenoxy) is 2. The summed E-state index contributed by atoms with van der Waals surface area (Å²) >= 11 is 0. The molecule has 0 fully saturated rings. The van der Waals surface area contributed by atoms with E-state index in [1.165, 1.54) is 0 Å². The summed E-state index contributed by atoms with van der Waals surface area (Å²) in [5.41, 5.74) is 0. The molecule has 0 bridgehead atoms. The van der Waals surface area contributed by atoms with Crippen LogP contribution in [0.25, 0.3) is 0 Å². The highest BCUT2D eigenvalue weighted by atomic mass is 16.5. The van der Waals surface area contributed by atoms with Crippen LogP contribution >= 0.6 is 0 Å². The molecule has 0 spiro atoms. The lowest BCUT2D eigenvalue weighted by Gasteiger charge is -2.08. The smallest absolute Gasteiger partial charge is 0.220 e. The van der Waals surface area contributed by atoms with Crippen molar-refractivity contribution in [3.8, 4) is 0 Å². The van der Waals surface area contributed by atoms with Crippen molar-refractivity contribution in [3.05, 3.63) is 0 Å². The van der Waals surface area contributed by atoms with Crippen molar-refractivity contribution in [2.24, 2.45) is 5.92 Å². The Morgan fingerprint density at radius 2 is 1.50 bits per heavy atom. The SMILES string of the molecule is CC(C)CCOCCOCCCC(=O)CCC(=O)NC(C)C. The zero-order valence-electron chi connectivity index (χ0n) is 14.7. The normalized spacial score (nSPS) is 11.2. The van der Waals surface area contributed by atoms with Crippen molar-refractivity contribution in [1.29, 1.82) is 0 Å². The highest BCUT2D eigenvalue weighted by Crippen LogP contribution is 2.01. The van der Waals surface area contributed by atoms with Crippen LogP contribution < -0.4 is 5.32 Å². The minimum Gasteiger partial charge on any atom is -0.379 e. The number of carbonyl (C=O) groups excluding carboxylic acids is 2. The average molecular weight is 315 g/mol. The maximum atomic E-state index is 11.6. The zero-order chi connectivity index (χ0) is 16.8. The molecule has 0 saturated carbocycles. The van der Waals surface area contributed by atoms with E-state index in [4.69, 9.17) is 9.47 Å². The third-order valence-electron chi connectivity index (χ3n) is 3.04. The molecular formula is C17H33NO4. The summed E-state index contributed by atoms with van der Waals surface area (Å²) in [6.45, 7) is 10.7. The first-order valence-corrected chi connectivity index (χ1v) is 8.38. The fraction of sp³-hybridized carbons (Fsp3) is 0.882. The van der Waals surface area contributed by atoms with Gasteiger partial charge in [-0.15, -0.1) is 0 Å². The van der Waals surface area contributed by atoms with Gasteiger partial charge in [-0.25, -0.2) is 0 Å². The van der Waals surface area contributed by atoms with Crippen LogP contribution in [-0.4, -0.2) is 44.2 Å². The second kappa shape index (κ2) is 13.7. The van der Waals surface area contributed by atoms with E-state index in [1.807, 2.05) is 13.8 Å². The second-order valence-corrected chi connectivity index (χ2v) is 6.27. The van der Waals surface area contributed by atoms with Crippen LogP contribution in [0, 0.1) is 5.92 Å².